The lowest BCUT2D eigenvalue weighted by atomic mass is 10.2. The van der Waals surface area contributed by atoms with Gasteiger partial charge in [-0.25, -0.2) is 18.1 Å². The van der Waals surface area contributed by atoms with E-state index >= 15 is 0 Å². The maximum absolute atomic E-state index is 12.4. The number of nitrogens with zero attached hydrogens (tertiary/aromatic N) is 1. The van der Waals surface area contributed by atoms with Gasteiger partial charge in [0.05, 0.1) is 17.6 Å². The molecule has 0 aliphatic heterocycles. The van der Waals surface area contributed by atoms with Crippen LogP contribution in [0.4, 0.5) is 0 Å². The maximum Gasteiger partial charge on any atom is 0.241 e. The molecule has 0 aliphatic carbocycles. The zero-order chi connectivity index (χ0) is 15.3. The molecule has 1 heterocycles. The van der Waals surface area contributed by atoms with Crippen molar-refractivity contribution < 1.29 is 12.8 Å². The van der Waals surface area contributed by atoms with E-state index in [1.165, 1.54) is 0 Å². The van der Waals surface area contributed by atoms with Crippen LogP contribution >= 0.6 is 0 Å². The molecule has 1 aromatic heterocycles. The molecule has 2 aromatic rings. The van der Waals surface area contributed by atoms with E-state index < -0.39 is 10.0 Å². The average Bonchev–Trinajstić information content (AvgIpc) is 2.94. The number of nitrogens with one attached hydrogen (secondary N) is 2. The Balaban J connectivity index is 2.14. The molecule has 0 bridgehead atoms. The molecule has 21 heavy (non-hydrogen) atoms. The smallest absolute Gasteiger partial charge is 0.241 e. The van der Waals surface area contributed by atoms with E-state index in [2.05, 4.69) is 15.0 Å². The molecule has 0 atom stereocenters. The van der Waals surface area contributed by atoms with Crippen LogP contribution in [0.2, 0.25) is 0 Å². The number of rotatable bonds is 7. The summed E-state index contributed by atoms with van der Waals surface area (Å²) in [6, 6.07) is 6.88. The molecule has 2 N–H and O–H groups in total. The summed E-state index contributed by atoms with van der Waals surface area (Å²) in [4.78, 5) is 4.30. The van der Waals surface area contributed by atoms with E-state index in [-0.39, 0.29) is 11.4 Å². The Morgan fingerprint density at radius 2 is 2.00 bits per heavy atom. The summed E-state index contributed by atoms with van der Waals surface area (Å²) in [6.45, 7) is 2.47. The molecule has 0 aliphatic rings. The Hall–Kier alpha value is -1.70. The van der Waals surface area contributed by atoms with E-state index in [4.69, 9.17) is 4.42 Å². The van der Waals surface area contributed by atoms with Gasteiger partial charge >= 0.3 is 0 Å². The van der Waals surface area contributed by atoms with Gasteiger partial charge in [-0.1, -0.05) is 25.1 Å². The van der Waals surface area contributed by atoms with E-state index in [9.17, 15) is 8.42 Å². The number of oxazole rings is 1. The Morgan fingerprint density at radius 3 is 2.67 bits per heavy atom. The average molecular weight is 309 g/mol. The minimum atomic E-state index is -3.60. The highest BCUT2D eigenvalue weighted by molar-refractivity contribution is 7.89. The van der Waals surface area contributed by atoms with Crippen molar-refractivity contribution in [2.45, 2.75) is 31.3 Å². The summed E-state index contributed by atoms with van der Waals surface area (Å²) in [6.07, 6.45) is 2.34. The van der Waals surface area contributed by atoms with Crippen LogP contribution in [0.5, 0.6) is 0 Å². The number of hydrogen-bond donors (Lipinski definition) is 2. The maximum atomic E-state index is 12.4. The molecular formula is C14H19N3O3S. The summed E-state index contributed by atoms with van der Waals surface area (Å²) in [5.41, 5.74) is 0.717. The second kappa shape index (κ2) is 6.84. The quantitative estimate of drug-likeness (QED) is 0.808. The van der Waals surface area contributed by atoms with Gasteiger partial charge in [0.25, 0.3) is 0 Å². The summed E-state index contributed by atoms with van der Waals surface area (Å²) in [5.74, 6) is 1.10. The van der Waals surface area contributed by atoms with Crippen molar-refractivity contribution in [3.05, 3.63) is 47.7 Å². The lowest BCUT2D eigenvalue weighted by Crippen LogP contribution is -2.25. The van der Waals surface area contributed by atoms with Crippen LogP contribution in [-0.4, -0.2) is 20.4 Å². The fourth-order valence-corrected chi connectivity index (χ4v) is 3.14. The van der Waals surface area contributed by atoms with Gasteiger partial charge in [0.2, 0.25) is 15.9 Å². The van der Waals surface area contributed by atoms with Crippen molar-refractivity contribution in [2.75, 3.05) is 7.05 Å². The standard InChI is InChI=1S/C14H19N3O3S/c1-3-12-9-16-14(20-12)10-17-21(18,19)13-7-5-4-6-11(13)8-15-2/h4-7,9,15,17H,3,8,10H2,1-2H3. The fraction of sp³-hybridized carbons (Fsp3) is 0.357. The van der Waals surface area contributed by atoms with Gasteiger partial charge in [-0.3, -0.25) is 0 Å². The molecule has 0 radical (unpaired) electrons. The number of aryl methyl sites for hydroxylation is 1. The second-order valence-corrected chi connectivity index (χ2v) is 6.27. The number of benzene rings is 1. The van der Waals surface area contributed by atoms with Crippen LogP contribution in [0.3, 0.4) is 0 Å². The molecule has 7 heteroatoms. The molecule has 0 unspecified atom stereocenters. The predicted molar refractivity (Wildman–Crippen MR) is 79.1 cm³/mol. The fourth-order valence-electron chi connectivity index (χ4n) is 1.93. The van der Waals surface area contributed by atoms with Crippen LogP contribution in [0, 0.1) is 0 Å². The van der Waals surface area contributed by atoms with E-state index in [0.29, 0.717) is 18.0 Å². The molecular weight excluding hydrogens is 290 g/mol. The normalized spacial score (nSPS) is 11.7. The highest BCUT2D eigenvalue weighted by atomic mass is 32.2. The highest BCUT2D eigenvalue weighted by Gasteiger charge is 2.18. The van der Waals surface area contributed by atoms with Crippen molar-refractivity contribution in [1.29, 1.82) is 0 Å². The van der Waals surface area contributed by atoms with E-state index in [0.717, 1.165) is 12.2 Å². The Kier molecular flexibility index (Phi) is 5.11. The number of hydrogen-bond acceptors (Lipinski definition) is 5. The molecule has 2 rings (SSSR count). The predicted octanol–water partition coefficient (Wildman–Crippen LogP) is 1.43. The zero-order valence-corrected chi connectivity index (χ0v) is 12.9. The summed E-state index contributed by atoms with van der Waals surface area (Å²) >= 11 is 0. The lowest BCUT2D eigenvalue weighted by molar-refractivity contribution is 0.452. The topological polar surface area (TPSA) is 84.2 Å². The van der Waals surface area contributed by atoms with Crippen LogP contribution in [0.15, 0.2) is 39.8 Å². The number of sulfonamides is 1. The first-order chi connectivity index (χ1) is 10.1. The third-order valence-corrected chi connectivity index (χ3v) is 4.49. The van der Waals surface area contributed by atoms with Gasteiger partial charge in [0.15, 0.2) is 0 Å². The molecule has 0 saturated carbocycles. The van der Waals surface area contributed by atoms with E-state index in [1.54, 1.807) is 31.4 Å². The molecule has 0 fully saturated rings. The van der Waals surface area contributed by atoms with Crippen molar-refractivity contribution in [1.82, 2.24) is 15.0 Å². The highest BCUT2D eigenvalue weighted by Crippen LogP contribution is 2.15. The first-order valence-electron chi connectivity index (χ1n) is 6.72. The monoisotopic (exact) mass is 309 g/mol. The number of aromatic nitrogens is 1. The first kappa shape index (κ1) is 15.7. The van der Waals surface area contributed by atoms with Crippen molar-refractivity contribution >= 4 is 10.0 Å². The summed E-state index contributed by atoms with van der Waals surface area (Å²) in [7, 11) is -1.83. The Bertz CT molecular complexity index is 695. The third kappa shape index (κ3) is 3.90. The van der Waals surface area contributed by atoms with Gasteiger partial charge in [-0.15, -0.1) is 0 Å². The molecule has 0 spiro atoms. The first-order valence-corrected chi connectivity index (χ1v) is 8.21. The van der Waals surface area contributed by atoms with Crippen LogP contribution in [0.1, 0.15) is 24.1 Å². The minimum absolute atomic E-state index is 0.0379. The summed E-state index contributed by atoms with van der Waals surface area (Å²) < 4.78 is 32.6. The van der Waals surface area contributed by atoms with Crippen molar-refractivity contribution in [3.63, 3.8) is 0 Å². The molecule has 0 saturated heterocycles. The minimum Gasteiger partial charge on any atom is -0.444 e. The molecule has 1 aromatic carbocycles. The van der Waals surface area contributed by atoms with Gasteiger partial charge in [0, 0.05) is 13.0 Å². The third-order valence-electron chi connectivity index (χ3n) is 2.99. The van der Waals surface area contributed by atoms with Crippen LogP contribution in [0.25, 0.3) is 0 Å². The SMILES string of the molecule is CCc1cnc(CNS(=O)(=O)c2ccccc2CNC)o1. The molecule has 0 amide bonds. The zero-order valence-electron chi connectivity index (χ0n) is 12.1. The Labute approximate surface area is 124 Å². The summed E-state index contributed by atoms with van der Waals surface area (Å²) in [5, 5.41) is 2.96. The van der Waals surface area contributed by atoms with Gasteiger partial charge < -0.3 is 9.73 Å². The van der Waals surface area contributed by atoms with Crippen molar-refractivity contribution in [2.24, 2.45) is 0 Å². The lowest BCUT2D eigenvalue weighted by Gasteiger charge is -2.10. The van der Waals surface area contributed by atoms with Gasteiger partial charge in [-0.05, 0) is 18.7 Å². The van der Waals surface area contributed by atoms with Gasteiger partial charge in [-0.2, -0.15) is 0 Å². The van der Waals surface area contributed by atoms with Crippen LogP contribution < -0.4 is 10.0 Å². The largest absolute Gasteiger partial charge is 0.444 e. The van der Waals surface area contributed by atoms with Gasteiger partial charge in [0.1, 0.15) is 5.76 Å². The van der Waals surface area contributed by atoms with Crippen molar-refractivity contribution in [3.8, 4) is 0 Å². The van der Waals surface area contributed by atoms with Crippen LogP contribution in [-0.2, 0) is 29.5 Å². The molecule has 6 nitrogen and oxygen atoms in total. The second-order valence-electron chi connectivity index (χ2n) is 4.54. The Morgan fingerprint density at radius 1 is 1.24 bits per heavy atom. The molecule has 114 valence electrons. The van der Waals surface area contributed by atoms with E-state index in [1.807, 2.05) is 13.0 Å².